The molecule has 6 N–H and O–H groups in total. The summed E-state index contributed by atoms with van der Waals surface area (Å²) in [6, 6.07) is 10.7. The van der Waals surface area contributed by atoms with Crippen LogP contribution in [0.3, 0.4) is 0 Å². The van der Waals surface area contributed by atoms with E-state index >= 15 is 0 Å². The quantitative estimate of drug-likeness (QED) is 0.316. The summed E-state index contributed by atoms with van der Waals surface area (Å²) in [5.41, 5.74) is 3.11. The van der Waals surface area contributed by atoms with Gasteiger partial charge in [-0.2, -0.15) is 18.3 Å². The number of halogens is 4. The molecule has 37 heavy (non-hydrogen) atoms. The number of rotatable bonds is 6. The lowest BCUT2D eigenvalue weighted by Crippen LogP contribution is -2.31. The summed E-state index contributed by atoms with van der Waals surface area (Å²) in [7, 11) is 0. The average molecular weight is 510 g/mol. The molecule has 1 aromatic heterocycles. The predicted octanol–water partition coefficient (Wildman–Crippen LogP) is 4.29. The van der Waals surface area contributed by atoms with Crippen molar-refractivity contribution in [2.45, 2.75) is 6.18 Å². The number of nitrogens with two attached hydrogens (primary N) is 1. The van der Waals surface area contributed by atoms with Gasteiger partial charge < -0.3 is 21.8 Å². The molecule has 188 valence electrons. The molecule has 2 amide bonds. The van der Waals surface area contributed by atoms with Gasteiger partial charge in [-0.1, -0.05) is 18.2 Å². The van der Waals surface area contributed by atoms with Crippen LogP contribution in [0.25, 0.3) is 11.3 Å². The first-order chi connectivity index (χ1) is 17.5. The van der Waals surface area contributed by atoms with Crippen molar-refractivity contribution in [3.05, 3.63) is 107 Å². The number of nitrogens with zero attached hydrogens (tertiary/aromatic N) is 1. The van der Waals surface area contributed by atoms with Gasteiger partial charge in [-0.15, -0.1) is 0 Å². The number of hydrogen-bond donors (Lipinski definition) is 5. The average Bonchev–Trinajstić information content (AvgIpc) is 3.38. The van der Waals surface area contributed by atoms with Crippen molar-refractivity contribution in [3.63, 3.8) is 0 Å². The fourth-order valence-electron chi connectivity index (χ4n) is 3.53. The van der Waals surface area contributed by atoms with Crippen LogP contribution in [0.1, 0.15) is 15.9 Å². The number of primary amides is 1. The van der Waals surface area contributed by atoms with Gasteiger partial charge in [0.15, 0.2) is 0 Å². The maximum atomic E-state index is 14.8. The molecule has 0 fully saturated rings. The van der Waals surface area contributed by atoms with E-state index in [1.807, 2.05) is 0 Å². The summed E-state index contributed by atoms with van der Waals surface area (Å²) in [5, 5.41) is 19.8. The number of allylic oxidation sites excluding steroid dienone is 3. The van der Waals surface area contributed by atoms with Crippen LogP contribution < -0.4 is 16.4 Å². The zero-order valence-electron chi connectivity index (χ0n) is 18.8. The van der Waals surface area contributed by atoms with E-state index in [4.69, 9.17) is 11.1 Å². The van der Waals surface area contributed by atoms with Crippen molar-refractivity contribution in [3.8, 4) is 11.3 Å². The third-order valence-electron chi connectivity index (χ3n) is 5.29. The van der Waals surface area contributed by atoms with Gasteiger partial charge in [0.05, 0.1) is 22.5 Å². The van der Waals surface area contributed by atoms with Crippen LogP contribution in [0.4, 0.5) is 23.2 Å². The number of carbonyl (C=O) groups is 2. The lowest BCUT2D eigenvalue weighted by Gasteiger charge is -2.19. The van der Waals surface area contributed by atoms with E-state index in [9.17, 15) is 27.2 Å². The normalized spacial score (nSPS) is 14.7. The Balaban J connectivity index is 1.77. The Morgan fingerprint density at radius 2 is 1.78 bits per heavy atom. The Hall–Kier alpha value is -5.00. The first-order valence-electron chi connectivity index (χ1n) is 10.6. The molecule has 0 saturated heterocycles. The number of carbonyl (C=O) groups excluding carboxylic acids is 2. The molecule has 0 aliphatic heterocycles. The zero-order valence-corrected chi connectivity index (χ0v) is 18.8. The minimum atomic E-state index is -4.90. The van der Waals surface area contributed by atoms with Gasteiger partial charge in [-0.3, -0.25) is 14.7 Å². The largest absolute Gasteiger partial charge is 0.417 e. The number of benzene rings is 2. The molecule has 0 atom stereocenters. The van der Waals surface area contributed by atoms with Gasteiger partial charge in [-0.25, -0.2) is 4.39 Å². The minimum absolute atomic E-state index is 0.0524. The molecule has 0 radical (unpaired) electrons. The lowest BCUT2D eigenvalue weighted by molar-refractivity contribution is -0.137. The molecule has 1 heterocycles. The molecule has 0 spiro atoms. The predicted molar refractivity (Wildman–Crippen MR) is 128 cm³/mol. The van der Waals surface area contributed by atoms with Crippen molar-refractivity contribution in [2.75, 3.05) is 5.32 Å². The third-order valence-corrected chi connectivity index (χ3v) is 5.29. The molecule has 8 nitrogen and oxygen atoms in total. The van der Waals surface area contributed by atoms with Crippen molar-refractivity contribution in [1.29, 1.82) is 5.41 Å². The molecule has 0 bridgehead atoms. The fourth-order valence-corrected chi connectivity index (χ4v) is 3.53. The van der Waals surface area contributed by atoms with Crippen LogP contribution in [0.15, 0.2) is 89.9 Å². The summed E-state index contributed by atoms with van der Waals surface area (Å²) in [6.07, 6.45) is 0.262. The highest BCUT2D eigenvalue weighted by atomic mass is 19.4. The van der Waals surface area contributed by atoms with E-state index in [0.717, 1.165) is 6.07 Å². The summed E-state index contributed by atoms with van der Waals surface area (Å²) in [5.74, 6) is -3.32. The summed E-state index contributed by atoms with van der Waals surface area (Å²) < 4.78 is 55.6. The molecular weight excluding hydrogens is 492 g/mol. The number of aromatic amines is 1. The SMILES string of the molecule is N=C1C=C(C(N)=O)C=C/C1=C(\NC(=O)c1cc(-c2cc[nH]n2)c(C(F)(F)F)cc1F)Nc1ccccc1. The molecule has 2 aromatic carbocycles. The maximum absolute atomic E-state index is 14.8. The van der Waals surface area contributed by atoms with Crippen LogP contribution in [-0.4, -0.2) is 27.7 Å². The van der Waals surface area contributed by atoms with Crippen molar-refractivity contribution >= 4 is 23.2 Å². The monoisotopic (exact) mass is 510 g/mol. The topological polar surface area (TPSA) is 137 Å². The van der Waals surface area contributed by atoms with Gasteiger partial charge in [0, 0.05) is 28.6 Å². The van der Waals surface area contributed by atoms with E-state index in [-0.39, 0.29) is 34.4 Å². The number of amides is 2. The molecule has 0 unspecified atom stereocenters. The fraction of sp³-hybridized carbons (Fsp3) is 0.0400. The molecule has 3 aromatic rings. The van der Waals surface area contributed by atoms with E-state index in [2.05, 4.69) is 20.8 Å². The van der Waals surface area contributed by atoms with Crippen molar-refractivity contribution in [2.24, 2.45) is 5.73 Å². The number of hydrogen-bond acceptors (Lipinski definition) is 5. The Labute approximate surface area is 207 Å². The van der Waals surface area contributed by atoms with E-state index in [1.165, 1.54) is 30.5 Å². The van der Waals surface area contributed by atoms with Gasteiger partial charge in [0.1, 0.15) is 11.6 Å². The number of H-pyrrole nitrogens is 1. The highest BCUT2D eigenvalue weighted by Crippen LogP contribution is 2.38. The first kappa shape index (κ1) is 25.1. The number of para-hydroxylation sites is 1. The van der Waals surface area contributed by atoms with Gasteiger partial charge in [-0.05, 0) is 48.6 Å². The summed E-state index contributed by atoms with van der Waals surface area (Å²) >= 11 is 0. The third kappa shape index (κ3) is 5.48. The first-order valence-corrected chi connectivity index (χ1v) is 10.6. The lowest BCUT2D eigenvalue weighted by atomic mass is 9.98. The van der Waals surface area contributed by atoms with E-state index < -0.39 is 40.5 Å². The second-order valence-electron chi connectivity index (χ2n) is 7.78. The molecule has 1 aliphatic rings. The van der Waals surface area contributed by atoms with Crippen molar-refractivity contribution in [1.82, 2.24) is 15.5 Å². The minimum Gasteiger partial charge on any atom is -0.366 e. The highest BCUT2D eigenvalue weighted by Gasteiger charge is 2.36. The van der Waals surface area contributed by atoms with Crippen LogP contribution in [0, 0.1) is 11.2 Å². The maximum Gasteiger partial charge on any atom is 0.417 e. The Morgan fingerprint density at radius 3 is 2.38 bits per heavy atom. The number of alkyl halides is 3. The molecule has 12 heteroatoms. The van der Waals surface area contributed by atoms with Crippen molar-refractivity contribution < 1.29 is 27.2 Å². The van der Waals surface area contributed by atoms with Crippen LogP contribution in [0.2, 0.25) is 0 Å². The number of nitrogens with one attached hydrogen (secondary N) is 4. The van der Waals surface area contributed by atoms with Crippen LogP contribution in [-0.2, 0) is 11.0 Å². The van der Waals surface area contributed by atoms with Gasteiger partial charge in [0.25, 0.3) is 5.91 Å². The van der Waals surface area contributed by atoms with E-state index in [0.29, 0.717) is 5.69 Å². The summed E-state index contributed by atoms with van der Waals surface area (Å²) in [4.78, 5) is 24.6. The second kappa shape index (κ2) is 9.93. The Kier molecular flexibility index (Phi) is 6.74. The molecular formula is C25H18F4N6O2. The Bertz CT molecular complexity index is 1470. The smallest absolute Gasteiger partial charge is 0.366 e. The Morgan fingerprint density at radius 1 is 1.05 bits per heavy atom. The van der Waals surface area contributed by atoms with Crippen LogP contribution in [0.5, 0.6) is 0 Å². The van der Waals surface area contributed by atoms with E-state index in [1.54, 1.807) is 30.3 Å². The standard InChI is InChI=1S/C25H18F4N6O2/c26-19-12-18(25(27,28)29)16(21-8-9-32-35-21)11-17(19)24(37)34-23(33-14-4-2-1-3-5-14)15-7-6-13(22(31)36)10-20(15)30/h1-12,30,33H,(H2,31,36)(H,32,35)(H,34,37)/b23-15+,30-20?. The molecule has 1 aliphatic carbocycles. The molecule has 4 rings (SSSR count). The van der Waals surface area contributed by atoms with Gasteiger partial charge in [0.2, 0.25) is 5.91 Å². The summed E-state index contributed by atoms with van der Waals surface area (Å²) in [6.45, 7) is 0. The number of anilines is 1. The zero-order chi connectivity index (χ0) is 26.7. The highest BCUT2D eigenvalue weighted by molar-refractivity contribution is 6.16. The van der Waals surface area contributed by atoms with Crippen LogP contribution >= 0.6 is 0 Å². The second-order valence-corrected chi connectivity index (χ2v) is 7.78. The van der Waals surface area contributed by atoms with Gasteiger partial charge >= 0.3 is 6.18 Å². The molecule has 0 saturated carbocycles. The number of aromatic nitrogens is 2.